The SMILES string of the molecule is CC1(C)CCc2ccc(CC3=C(O)C(=Cc4ccc5c(c4)OC(C(C)(C)O)C5)OC3=O)cc2O1. The number of ether oxygens (including phenoxy) is 3. The van der Waals surface area contributed by atoms with Gasteiger partial charge in [0.15, 0.2) is 11.5 Å². The highest BCUT2D eigenvalue weighted by molar-refractivity contribution is 5.95. The molecular formula is C28H30O6. The molecule has 3 heterocycles. The average Bonchev–Trinajstić information content (AvgIpc) is 3.29. The van der Waals surface area contributed by atoms with Crippen LogP contribution in [0.5, 0.6) is 11.5 Å². The molecule has 0 spiro atoms. The molecule has 3 aliphatic heterocycles. The van der Waals surface area contributed by atoms with E-state index in [2.05, 4.69) is 13.8 Å². The quantitative estimate of drug-likeness (QED) is 0.634. The maximum Gasteiger partial charge on any atom is 0.343 e. The van der Waals surface area contributed by atoms with Crippen molar-refractivity contribution >= 4 is 12.0 Å². The van der Waals surface area contributed by atoms with Gasteiger partial charge in [-0.05, 0) is 81.0 Å². The number of aliphatic hydroxyl groups is 2. The molecule has 0 radical (unpaired) electrons. The summed E-state index contributed by atoms with van der Waals surface area (Å²) >= 11 is 0. The number of benzene rings is 2. The van der Waals surface area contributed by atoms with Crippen LogP contribution in [0.25, 0.3) is 6.08 Å². The first-order valence-electron chi connectivity index (χ1n) is 11.7. The van der Waals surface area contributed by atoms with Gasteiger partial charge in [0.1, 0.15) is 23.2 Å². The minimum Gasteiger partial charge on any atom is -0.504 e. The van der Waals surface area contributed by atoms with Gasteiger partial charge in [-0.3, -0.25) is 0 Å². The molecule has 0 amide bonds. The normalized spacial score (nSPS) is 22.2. The molecule has 178 valence electrons. The number of aryl methyl sites for hydroxylation is 1. The first-order valence-corrected chi connectivity index (χ1v) is 11.7. The van der Waals surface area contributed by atoms with E-state index in [-0.39, 0.29) is 35.2 Å². The molecule has 0 saturated heterocycles. The number of carbonyl (C=O) groups excluding carboxylic acids is 1. The molecule has 2 N–H and O–H groups in total. The topological polar surface area (TPSA) is 85.2 Å². The van der Waals surface area contributed by atoms with Gasteiger partial charge in [-0.25, -0.2) is 4.79 Å². The van der Waals surface area contributed by atoms with Gasteiger partial charge in [-0.2, -0.15) is 0 Å². The minimum absolute atomic E-state index is 0.118. The Morgan fingerprint density at radius 3 is 2.65 bits per heavy atom. The number of hydrogen-bond donors (Lipinski definition) is 2. The van der Waals surface area contributed by atoms with Crippen LogP contribution in [-0.2, 0) is 28.8 Å². The molecule has 3 aliphatic rings. The van der Waals surface area contributed by atoms with Gasteiger partial charge in [0.25, 0.3) is 0 Å². The molecule has 1 unspecified atom stereocenters. The number of fused-ring (bicyclic) bond motifs is 2. The third kappa shape index (κ3) is 4.30. The van der Waals surface area contributed by atoms with Crippen molar-refractivity contribution in [2.45, 2.75) is 70.7 Å². The van der Waals surface area contributed by atoms with Crippen LogP contribution in [-0.4, -0.2) is 33.5 Å². The summed E-state index contributed by atoms with van der Waals surface area (Å²) in [5.41, 5.74) is 2.82. The number of esters is 1. The Kier molecular flexibility index (Phi) is 5.24. The lowest BCUT2D eigenvalue weighted by Gasteiger charge is -2.32. The zero-order valence-corrected chi connectivity index (χ0v) is 20.0. The number of hydrogen-bond acceptors (Lipinski definition) is 6. The Hall–Kier alpha value is -3.25. The summed E-state index contributed by atoms with van der Waals surface area (Å²) in [5, 5.41) is 21.0. The molecule has 2 aromatic rings. The Morgan fingerprint density at radius 1 is 1.12 bits per heavy atom. The molecule has 0 saturated carbocycles. The molecular weight excluding hydrogens is 432 g/mol. The molecule has 0 fully saturated rings. The lowest BCUT2D eigenvalue weighted by molar-refractivity contribution is -0.133. The summed E-state index contributed by atoms with van der Waals surface area (Å²) in [4.78, 5) is 12.6. The Bertz CT molecular complexity index is 1230. The minimum atomic E-state index is -0.952. The maximum absolute atomic E-state index is 12.6. The van der Waals surface area contributed by atoms with Gasteiger partial charge in [-0.15, -0.1) is 0 Å². The van der Waals surface area contributed by atoms with Crippen molar-refractivity contribution in [1.82, 2.24) is 0 Å². The van der Waals surface area contributed by atoms with E-state index in [1.807, 2.05) is 36.4 Å². The van der Waals surface area contributed by atoms with Crippen molar-refractivity contribution in [2.24, 2.45) is 0 Å². The van der Waals surface area contributed by atoms with E-state index in [9.17, 15) is 15.0 Å². The first-order chi connectivity index (χ1) is 16.0. The van der Waals surface area contributed by atoms with Crippen LogP contribution >= 0.6 is 0 Å². The van der Waals surface area contributed by atoms with Gasteiger partial charge >= 0.3 is 5.97 Å². The number of cyclic esters (lactones) is 1. The first kappa shape index (κ1) is 22.5. The molecule has 0 bridgehead atoms. The summed E-state index contributed by atoms with van der Waals surface area (Å²) in [6.45, 7) is 7.59. The zero-order valence-electron chi connectivity index (χ0n) is 20.0. The molecule has 0 aliphatic carbocycles. The molecule has 0 aromatic heterocycles. The Balaban J connectivity index is 1.37. The van der Waals surface area contributed by atoms with E-state index in [0.717, 1.165) is 40.8 Å². The Labute approximate surface area is 199 Å². The van der Waals surface area contributed by atoms with E-state index in [1.54, 1.807) is 19.9 Å². The fourth-order valence-electron chi connectivity index (χ4n) is 4.59. The highest BCUT2D eigenvalue weighted by atomic mass is 16.6. The van der Waals surface area contributed by atoms with E-state index >= 15 is 0 Å². The average molecular weight is 463 g/mol. The molecule has 6 nitrogen and oxygen atoms in total. The lowest BCUT2D eigenvalue weighted by atomic mass is 9.92. The van der Waals surface area contributed by atoms with Gasteiger partial charge in [0.05, 0.1) is 11.2 Å². The van der Waals surface area contributed by atoms with Crippen molar-refractivity contribution in [1.29, 1.82) is 0 Å². The third-order valence-corrected chi connectivity index (χ3v) is 6.71. The second-order valence-corrected chi connectivity index (χ2v) is 10.5. The van der Waals surface area contributed by atoms with E-state index in [1.165, 1.54) is 0 Å². The van der Waals surface area contributed by atoms with E-state index in [0.29, 0.717) is 12.2 Å². The van der Waals surface area contributed by atoms with E-state index in [4.69, 9.17) is 14.2 Å². The summed E-state index contributed by atoms with van der Waals surface area (Å²) in [5.74, 6) is 0.930. The smallest absolute Gasteiger partial charge is 0.343 e. The standard InChI is InChI=1S/C28H30O6/c1-27(2)10-9-18-7-5-16(13-22(18)34-27)11-20-25(29)23(33-26(20)30)14-17-6-8-19-15-24(28(3,4)31)32-21(19)12-17/h5-8,12-14,24,29,31H,9-11,15H2,1-4H3. The third-order valence-electron chi connectivity index (χ3n) is 6.71. The van der Waals surface area contributed by atoms with Crippen LogP contribution < -0.4 is 9.47 Å². The van der Waals surface area contributed by atoms with Gasteiger partial charge < -0.3 is 24.4 Å². The maximum atomic E-state index is 12.6. The van der Waals surface area contributed by atoms with Crippen molar-refractivity contribution in [3.63, 3.8) is 0 Å². The molecule has 1 atom stereocenters. The van der Waals surface area contributed by atoms with Crippen LogP contribution in [0, 0.1) is 0 Å². The summed E-state index contributed by atoms with van der Waals surface area (Å²) in [6, 6.07) is 11.6. The van der Waals surface area contributed by atoms with Crippen LogP contribution in [0.4, 0.5) is 0 Å². The number of aliphatic hydroxyl groups excluding tert-OH is 1. The van der Waals surface area contributed by atoms with Crippen LogP contribution in [0.3, 0.4) is 0 Å². The second kappa shape index (κ2) is 7.91. The number of rotatable bonds is 4. The zero-order chi connectivity index (χ0) is 24.3. The monoisotopic (exact) mass is 462 g/mol. The Morgan fingerprint density at radius 2 is 1.88 bits per heavy atom. The molecule has 2 aromatic carbocycles. The highest BCUT2D eigenvalue weighted by Gasteiger charge is 2.35. The predicted molar refractivity (Wildman–Crippen MR) is 128 cm³/mol. The van der Waals surface area contributed by atoms with Gasteiger partial charge in [0, 0.05) is 12.8 Å². The van der Waals surface area contributed by atoms with Gasteiger partial charge in [0.2, 0.25) is 0 Å². The van der Waals surface area contributed by atoms with Crippen molar-refractivity contribution in [3.8, 4) is 11.5 Å². The van der Waals surface area contributed by atoms with Gasteiger partial charge in [-0.1, -0.05) is 24.3 Å². The summed E-state index contributed by atoms with van der Waals surface area (Å²) in [6.07, 6.45) is 4.09. The fourth-order valence-corrected chi connectivity index (χ4v) is 4.59. The highest BCUT2D eigenvalue weighted by Crippen LogP contribution is 2.37. The van der Waals surface area contributed by atoms with Crippen molar-refractivity contribution in [2.75, 3.05) is 0 Å². The lowest BCUT2D eigenvalue weighted by Crippen LogP contribution is -2.39. The largest absolute Gasteiger partial charge is 0.504 e. The predicted octanol–water partition coefficient (Wildman–Crippen LogP) is 4.82. The number of carbonyl (C=O) groups is 1. The van der Waals surface area contributed by atoms with Crippen LogP contribution in [0.2, 0.25) is 0 Å². The van der Waals surface area contributed by atoms with Crippen LogP contribution in [0.1, 0.15) is 56.4 Å². The molecule has 5 rings (SSSR count). The summed E-state index contributed by atoms with van der Waals surface area (Å²) < 4.78 is 17.4. The molecule has 6 heteroatoms. The van der Waals surface area contributed by atoms with E-state index < -0.39 is 11.6 Å². The second-order valence-electron chi connectivity index (χ2n) is 10.5. The van der Waals surface area contributed by atoms with Crippen molar-refractivity contribution < 1.29 is 29.2 Å². The molecule has 34 heavy (non-hydrogen) atoms. The summed E-state index contributed by atoms with van der Waals surface area (Å²) in [7, 11) is 0. The van der Waals surface area contributed by atoms with Crippen LogP contribution in [0.15, 0.2) is 53.5 Å². The fraction of sp³-hybridized carbons (Fsp3) is 0.393. The van der Waals surface area contributed by atoms with Crippen molar-refractivity contribution in [3.05, 3.63) is 75.7 Å².